The van der Waals surface area contributed by atoms with Crippen molar-refractivity contribution in [3.05, 3.63) is 69.4 Å². The maximum absolute atomic E-state index is 13.2. The van der Waals surface area contributed by atoms with Gasteiger partial charge in [0.1, 0.15) is 5.82 Å². The Hall–Kier alpha value is -1.19. The zero-order valence-corrected chi connectivity index (χ0v) is 13.4. The van der Waals surface area contributed by atoms with Crippen molar-refractivity contribution in [2.75, 3.05) is 6.54 Å². The van der Waals surface area contributed by atoms with Crippen LogP contribution in [0.3, 0.4) is 0 Å². The number of aryl methyl sites for hydroxylation is 1. The van der Waals surface area contributed by atoms with E-state index in [2.05, 4.69) is 59.4 Å². The molecule has 0 radical (unpaired) electrons. The largest absolute Gasteiger partial charge is 0.310 e. The maximum Gasteiger partial charge on any atom is 0.124 e. The van der Waals surface area contributed by atoms with Gasteiger partial charge in [-0.3, -0.25) is 0 Å². The first-order chi connectivity index (χ1) is 9.60. The minimum Gasteiger partial charge on any atom is -0.310 e. The molecule has 1 unspecified atom stereocenters. The molecule has 0 saturated heterocycles. The average molecular weight is 336 g/mol. The predicted octanol–water partition coefficient (Wildman–Crippen LogP) is 4.79. The fourth-order valence-corrected chi connectivity index (χ4v) is 2.91. The molecule has 0 saturated carbocycles. The molecule has 1 nitrogen and oxygen atoms in total. The van der Waals surface area contributed by atoms with Gasteiger partial charge in [-0.25, -0.2) is 4.39 Å². The first-order valence-corrected chi connectivity index (χ1v) is 7.63. The van der Waals surface area contributed by atoms with Crippen molar-refractivity contribution in [3.8, 4) is 0 Å². The summed E-state index contributed by atoms with van der Waals surface area (Å²) >= 11 is 3.46. The van der Waals surface area contributed by atoms with Gasteiger partial charge in [0.2, 0.25) is 0 Å². The Morgan fingerprint density at radius 2 is 1.85 bits per heavy atom. The zero-order chi connectivity index (χ0) is 14.5. The van der Waals surface area contributed by atoms with Gasteiger partial charge in [0.15, 0.2) is 0 Å². The summed E-state index contributed by atoms with van der Waals surface area (Å²) in [5, 5.41) is 3.47. The molecule has 0 amide bonds. The molecule has 0 aliphatic carbocycles. The van der Waals surface area contributed by atoms with Crippen LogP contribution in [0.25, 0.3) is 0 Å². The second-order valence-electron chi connectivity index (χ2n) is 4.97. The fraction of sp³-hybridized carbons (Fsp3) is 0.294. The first-order valence-electron chi connectivity index (χ1n) is 6.84. The number of nitrogens with one attached hydrogen (secondary N) is 1. The molecule has 20 heavy (non-hydrogen) atoms. The van der Waals surface area contributed by atoms with Gasteiger partial charge in [0.05, 0.1) is 0 Å². The lowest BCUT2D eigenvalue weighted by molar-refractivity contribution is 0.545. The fourth-order valence-electron chi connectivity index (χ4n) is 2.28. The second kappa shape index (κ2) is 7.00. The molecule has 1 atom stereocenters. The standard InChI is InChI=1S/C17H19BrFN/c1-3-20-17(10-13-6-4-12(2)5-7-13)15-9-8-14(19)11-16(15)18/h4-9,11,17,20H,3,10H2,1-2H3. The second-order valence-corrected chi connectivity index (χ2v) is 5.82. The molecular weight excluding hydrogens is 317 g/mol. The highest BCUT2D eigenvalue weighted by molar-refractivity contribution is 9.10. The molecule has 1 N–H and O–H groups in total. The Labute approximate surface area is 128 Å². The van der Waals surface area contributed by atoms with Crippen molar-refractivity contribution in [2.24, 2.45) is 0 Å². The predicted molar refractivity (Wildman–Crippen MR) is 85.4 cm³/mol. The Bertz CT molecular complexity index is 566. The van der Waals surface area contributed by atoms with Crippen molar-refractivity contribution < 1.29 is 4.39 Å². The van der Waals surface area contributed by atoms with E-state index in [1.165, 1.54) is 23.3 Å². The van der Waals surface area contributed by atoms with Crippen LogP contribution in [0.2, 0.25) is 0 Å². The third-order valence-corrected chi connectivity index (χ3v) is 4.04. The van der Waals surface area contributed by atoms with E-state index in [1.54, 1.807) is 0 Å². The monoisotopic (exact) mass is 335 g/mol. The minimum atomic E-state index is -0.216. The Morgan fingerprint density at radius 1 is 1.15 bits per heavy atom. The van der Waals surface area contributed by atoms with Crippen LogP contribution in [-0.4, -0.2) is 6.54 Å². The van der Waals surface area contributed by atoms with Crippen molar-refractivity contribution in [1.82, 2.24) is 5.32 Å². The normalized spacial score (nSPS) is 12.4. The van der Waals surface area contributed by atoms with Crippen LogP contribution < -0.4 is 5.32 Å². The van der Waals surface area contributed by atoms with Gasteiger partial charge in [-0.2, -0.15) is 0 Å². The number of hydrogen-bond donors (Lipinski definition) is 1. The minimum absolute atomic E-state index is 0.178. The molecule has 0 fully saturated rings. The highest BCUT2D eigenvalue weighted by Crippen LogP contribution is 2.27. The molecule has 106 valence electrons. The van der Waals surface area contributed by atoms with Gasteiger partial charge in [0, 0.05) is 10.5 Å². The van der Waals surface area contributed by atoms with E-state index < -0.39 is 0 Å². The van der Waals surface area contributed by atoms with E-state index in [1.807, 2.05) is 6.07 Å². The molecule has 0 aliphatic heterocycles. The average Bonchev–Trinajstić information content (AvgIpc) is 2.41. The summed E-state index contributed by atoms with van der Waals surface area (Å²) in [6.07, 6.45) is 0.887. The van der Waals surface area contributed by atoms with Crippen LogP contribution in [0.15, 0.2) is 46.9 Å². The lowest BCUT2D eigenvalue weighted by atomic mass is 9.98. The first kappa shape index (κ1) is 15.2. The van der Waals surface area contributed by atoms with Crippen LogP contribution in [-0.2, 0) is 6.42 Å². The summed E-state index contributed by atoms with van der Waals surface area (Å²) < 4.78 is 14.0. The summed E-state index contributed by atoms with van der Waals surface area (Å²) in [6.45, 7) is 5.04. The van der Waals surface area contributed by atoms with E-state index >= 15 is 0 Å². The third-order valence-electron chi connectivity index (χ3n) is 3.35. The molecule has 0 aromatic heterocycles. The number of likely N-dealkylation sites (N-methyl/N-ethyl adjacent to an activating group) is 1. The SMILES string of the molecule is CCNC(Cc1ccc(C)cc1)c1ccc(F)cc1Br. The smallest absolute Gasteiger partial charge is 0.124 e. The summed E-state index contributed by atoms with van der Waals surface area (Å²) in [7, 11) is 0. The van der Waals surface area contributed by atoms with Crippen LogP contribution >= 0.6 is 15.9 Å². The molecular formula is C17H19BrFN. The zero-order valence-electron chi connectivity index (χ0n) is 11.8. The summed E-state index contributed by atoms with van der Waals surface area (Å²) in [4.78, 5) is 0. The number of hydrogen-bond acceptors (Lipinski definition) is 1. The third kappa shape index (κ3) is 3.90. The molecule has 2 aromatic rings. The topological polar surface area (TPSA) is 12.0 Å². The van der Waals surface area contributed by atoms with Crippen molar-refractivity contribution in [3.63, 3.8) is 0 Å². The van der Waals surface area contributed by atoms with Crippen LogP contribution in [0.5, 0.6) is 0 Å². The number of benzene rings is 2. The van der Waals surface area contributed by atoms with Gasteiger partial charge >= 0.3 is 0 Å². The van der Waals surface area contributed by atoms with Gasteiger partial charge in [-0.05, 0) is 43.1 Å². The summed E-state index contributed by atoms with van der Waals surface area (Å²) in [5.41, 5.74) is 3.63. The molecule has 0 aliphatic rings. The maximum atomic E-state index is 13.2. The van der Waals surface area contributed by atoms with E-state index in [9.17, 15) is 4.39 Å². The number of halogens is 2. The molecule has 0 bridgehead atoms. The van der Waals surface area contributed by atoms with Crippen molar-refractivity contribution in [2.45, 2.75) is 26.3 Å². The van der Waals surface area contributed by atoms with E-state index in [-0.39, 0.29) is 11.9 Å². The summed E-state index contributed by atoms with van der Waals surface area (Å²) in [6, 6.07) is 13.6. The highest BCUT2D eigenvalue weighted by Gasteiger charge is 2.14. The summed E-state index contributed by atoms with van der Waals surface area (Å²) in [5.74, 6) is -0.216. The number of rotatable bonds is 5. The van der Waals surface area contributed by atoms with Crippen LogP contribution in [0.4, 0.5) is 4.39 Å². The Balaban J connectivity index is 2.24. The van der Waals surface area contributed by atoms with Crippen LogP contribution in [0, 0.1) is 12.7 Å². The molecule has 2 rings (SSSR count). The van der Waals surface area contributed by atoms with Crippen molar-refractivity contribution in [1.29, 1.82) is 0 Å². The Morgan fingerprint density at radius 3 is 2.45 bits per heavy atom. The van der Waals surface area contributed by atoms with Crippen molar-refractivity contribution >= 4 is 15.9 Å². The van der Waals surface area contributed by atoms with Gasteiger partial charge < -0.3 is 5.32 Å². The molecule has 0 spiro atoms. The molecule has 0 heterocycles. The van der Waals surface area contributed by atoms with E-state index in [0.29, 0.717) is 0 Å². The van der Waals surface area contributed by atoms with Crippen LogP contribution in [0.1, 0.15) is 29.7 Å². The highest BCUT2D eigenvalue weighted by atomic mass is 79.9. The van der Waals surface area contributed by atoms with E-state index in [4.69, 9.17) is 0 Å². The Kier molecular flexibility index (Phi) is 5.32. The molecule has 3 heteroatoms. The quantitative estimate of drug-likeness (QED) is 0.828. The van der Waals surface area contributed by atoms with Gasteiger partial charge in [0.25, 0.3) is 0 Å². The van der Waals surface area contributed by atoms with E-state index in [0.717, 1.165) is 23.0 Å². The van der Waals surface area contributed by atoms with Gasteiger partial charge in [-0.1, -0.05) is 58.7 Å². The lowest BCUT2D eigenvalue weighted by Crippen LogP contribution is -2.23. The van der Waals surface area contributed by atoms with Gasteiger partial charge in [-0.15, -0.1) is 0 Å². The molecule has 2 aromatic carbocycles. The lowest BCUT2D eigenvalue weighted by Gasteiger charge is -2.20.